The van der Waals surface area contributed by atoms with Gasteiger partial charge in [0.2, 0.25) is 0 Å². The first-order chi connectivity index (χ1) is 13.5. The lowest BCUT2D eigenvalue weighted by Crippen LogP contribution is -2.34. The average molecular weight is 401 g/mol. The van der Waals surface area contributed by atoms with E-state index in [1.165, 1.54) is 37.4 Å². The minimum Gasteiger partial charge on any atom is -0.495 e. The number of hydrogen-bond donors (Lipinski definition) is 0. The van der Waals surface area contributed by atoms with Crippen molar-refractivity contribution in [3.63, 3.8) is 0 Å². The van der Waals surface area contributed by atoms with Gasteiger partial charge >= 0.3 is 0 Å². The molecular weight excluding hydrogens is 383 g/mol. The van der Waals surface area contributed by atoms with Crippen LogP contribution in [0.5, 0.6) is 5.75 Å². The van der Waals surface area contributed by atoms with Crippen LogP contribution in [0.25, 0.3) is 5.57 Å². The largest absolute Gasteiger partial charge is 0.495 e. The van der Waals surface area contributed by atoms with Crippen LogP contribution in [0.1, 0.15) is 18.4 Å². The van der Waals surface area contributed by atoms with E-state index in [-0.39, 0.29) is 0 Å². The molecule has 0 aromatic heterocycles. The molecule has 1 saturated heterocycles. The number of carbonyl (C=O) groups is 2. The van der Waals surface area contributed by atoms with Crippen LogP contribution in [0.15, 0.2) is 48.2 Å². The van der Waals surface area contributed by atoms with Gasteiger partial charge in [-0.15, -0.1) is 0 Å². The zero-order valence-corrected chi connectivity index (χ0v) is 16.0. The third kappa shape index (κ3) is 3.03. The molecule has 2 aromatic rings. The van der Waals surface area contributed by atoms with Gasteiger partial charge in [-0.25, -0.2) is 9.29 Å². The number of anilines is 1. The first kappa shape index (κ1) is 18.5. The zero-order valence-electron chi connectivity index (χ0n) is 15.2. The molecule has 2 aliphatic rings. The molecule has 0 N–H and O–H groups in total. The summed E-state index contributed by atoms with van der Waals surface area (Å²) >= 11 is 6.20. The lowest BCUT2D eigenvalue weighted by atomic mass is 10.0. The quantitative estimate of drug-likeness (QED) is 0.731. The highest BCUT2D eigenvalue weighted by Gasteiger charge is 2.43. The molecule has 2 aromatic carbocycles. The number of methoxy groups -OCH3 is 1. The van der Waals surface area contributed by atoms with Gasteiger partial charge in [0.1, 0.15) is 17.3 Å². The number of rotatable bonds is 4. The van der Waals surface area contributed by atoms with E-state index in [0.717, 1.165) is 17.7 Å². The predicted octanol–water partition coefficient (Wildman–Crippen LogP) is 3.87. The molecule has 1 fully saturated rings. The van der Waals surface area contributed by atoms with Crippen molar-refractivity contribution in [2.45, 2.75) is 12.8 Å². The van der Waals surface area contributed by atoms with Crippen LogP contribution in [0.4, 0.5) is 10.1 Å². The monoisotopic (exact) mass is 400 g/mol. The molecular formula is C21H18ClFN2O3. The Balaban J connectivity index is 1.81. The third-order valence-corrected chi connectivity index (χ3v) is 5.30. The number of carbonyl (C=O) groups excluding carboxylic acids is 2. The Labute approximate surface area is 166 Å². The molecule has 0 radical (unpaired) electrons. The highest BCUT2D eigenvalue weighted by molar-refractivity contribution is 6.45. The van der Waals surface area contributed by atoms with Gasteiger partial charge in [-0.3, -0.25) is 9.59 Å². The van der Waals surface area contributed by atoms with Crippen LogP contribution < -0.4 is 9.64 Å². The van der Waals surface area contributed by atoms with Gasteiger partial charge in [-0.05, 0) is 48.7 Å². The number of benzene rings is 2. The maximum atomic E-state index is 13.4. The van der Waals surface area contributed by atoms with Crippen molar-refractivity contribution >= 4 is 34.7 Å². The lowest BCUT2D eigenvalue weighted by Gasteiger charge is -2.20. The molecule has 4 rings (SSSR count). The summed E-state index contributed by atoms with van der Waals surface area (Å²) < 4.78 is 18.5. The van der Waals surface area contributed by atoms with E-state index >= 15 is 0 Å². The Morgan fingerprint density at radius 1 is 1.00 bits per heavy atom. The zero-order chi connectivity index (χ0) is 19.8. The molecule has 0 bridgehead atoms. The van der Waals surface area contributed by atoms with Gasteiger partial charge in [0, 0.05) is 13.1 Å². The summed E-state index contributed by atoms with van der Waals surface area (Å²) in [5.74, 6) is -0.786. The smallest absolute Gasteiger partial charge is 0.282 e. The van der Waals surface area contributed by atoms with Crippen molar-refractivity contribution in [3.05, 3.63) is 64.6 Å². The fourth-order valence-corrected chi connectivity index (χ4v) is 3.91. The SMILES string of the molecule is COc1ccc(N2C(=O)C(c3ccc(F)cc3)=C(N3CCCC3)C2=O)cc1Cl. The summed E-state index contributed by atoms with van der Waals surface area (Å²) in [7, 11) is 1.49. The van der Waals surface area contributed by atoms with Crippen molar-refractivity contribution in [1.82, 2.24) is 4.90 Å². The second-order valence-electron chi connectivity index (χ2n) is 6.69. The number of halogens is 2. The van der Waals surface area contributed by atoms with E-state index < -0.39 is 17.6 Å². The Hall–Kier alpha value is -2.86. The molecule has 0 saturated carbocycles. The standard InChI is InChI=1S/C21H18ClFN2O3/c1-28-17-9-8-15(12-16(17)22)25-20(26)18(13-4-6-14(23)7-5-13)19(21(25)27)24-10-2-3-11-24/h4-9,12H,2-3,10-11H2,1H3. The number of imide groups is 1. The Bertz CT molecular complexity index is 982. The summed E-state index contributed by atoms with van der Waals surface area (Å²) in [4.78, 5) is 29.6. The van der Waals surface area contributed by atoms with E-state index in [9.17, 15) is 14.0 Å². The molecule has 0 unspecified atom stereocenters. The fraction of sp³-hybridized carbons (Fsp3) is 0.238. The number of nitrogens with zero attached hydrogens (tertiary/aromatic N) is 2. The number of hydrogen-bond acceptors (Lipinski definition) is 4. The van der Waals surface area contributed by atoms with Gasteiger partial charge in [0.25, 0.3) is 11.8 Å². The maximum absolute atomic E-state index is 13.4. The number of likely N-dealkylation sites (tertiary alicyclic amines) is 1. The Kier molecular flexibility index (Phi) is 4.81. The molecule has 0 spiro atoms. The molecule has 28 heavy (non-hydrogen) atoms. The van der Waals surface area contributed by atoms with Crippen LogP contribution in [-0.2, 0) is 9.59 Å². The maximum Gasteiger partial charge on any atom is 0.282 e. The highest BCUT2D eigenvalue weighted by Crippen LogP contribution is 2.38. The van der Waals surface area contributed by atoms with Crippen molar-refractivity contribution in [2.75, 3.05) is 25.1 Å². The van der Waals surface area contributed by atoms with Crippen LogP contribution in [0.3, 0.4) is 0 Å². The van der Waals surface area contributed by atoms with Crippen molar-refractivity contribution in [1.29, 1.82) is 0 Å². The molecule has 2 amide bonds. The number of ether oxygens (including phenoxy) is 1. The summed E-state index contributed by atoms with van der Waals surface area (Å²) in [6, 6.07) is 10.4. The van der Waals surface area contributed by atoms with Crippen LogP contribution >= 0.6 is 11.6 Å². The summed E-state index contributed by atoms with van der Waals surface area (Å²) in [5, 5.41) is 0.304. The normalized spacial score (nSPS) is 17.1. The first-order valence-electron chi connectivity index (χ1n) is 8.98. The van der Waals surface area contributed by atoms with E-state index in [0.29, 0.717) is 46.4 Å². The summed E-state index contributed by atoms with van der Waals surface area (Å²) in [6.07, 6.45) is 1.91. The van der Waals surface area contributed by atoms with Crippen LogP contribution in [0.2, 0.25) is 5.02 Å². The molecule has 0 atom stereocenters. The van der Waals surface area contributed by atoms with Crippen molar-refractivity contribution in [3.8, 4) is 5.75 Å². The fourth-order valence-electron chi connectivity index (χ4n) is 3.66. The van der Waals surface area contributed by atoms with Crippen LogP contribution in [0, 0.1) is 5.82 Å². The summed E-state index contributed by atoms with van der Waals surface area (Å²) in [5.41, 5.74) is 1.54. The van der Waals surface area contributed by atoms with Gasteiger partial charge in [0.05, 0.1) is 23.4 Å². The topological polar surface area (TPSA) is 49.9 Å². The predicted molar refractivity (Wildman–Crippen MR) is 105 cm³/mol. The second kappa shape index (κ2) is 7.28. The number of amides is 2. The third-order valence-electron chi connectivity index (χ3n) is 5.01. The van der Waals surface area contributed by atoms with Gasteiger partial charge in [0.15, 0.2) is 0 Å². The molecule has 144 valence electrons. The lowest BCUT2D eigenvalue weighted by molar-refractivity contribution is -0.120. The van der Waals surface area contributed by atoms with E-state index in [1.54, 1.807) is 12.1 Å². The Morgan fingerprint density at radius 3 is 2.29 bits per heavy atom. The molecule has 2 heterocycles. The molecule has 7 heteroatoms. The van der Waals surface area contributed by atoms with Gasteiger partial charge in [-0.1, -0.05) is 23.7 Å². The van der Waals surface area contributed by atoms with E-state index in [1.807, 2.05) is 4.90 Å². The van der Waals surface area contributed by atoms with Gasteiger partial charge in [-0.2, -0.15) is 0 Å². The second-order valence-corrected chi connectivity index (χ2v) is 7.10. The molecule has 5 nitrogen and oxygen atoms in total. The van der Waals surface area contributed by atoms with Crippen LogP contribution in [-0.4, -0.2) is 36.9 Å². The highest BCUT2D eigenvalue weighted by atomic mass is 35.5. The van der Waals surface area contributed by atoms with Gasteiger partial charge < -0.3 is 9.64 Å². The van der Waals surface area contributed by atoms with E-state index in [4.69, 9.17) is 16.3 Å². The van der Waals surface area contributed by atoms with Crippen molar-refractivity contribution < 1.29 is 18.7 Å². The van der Waals surface area contributed by atoms with Crippen molar-refractivity contribution in [2.24, 2.45) is 0 Å². The molecule has 2 aliphatic heterocycles. The Morgan fingerprint density at radius 2 is 1.68 bits per heavy atom. The summed E-state index contributed by atoms with van der Waals surface area (Å²) in [6.45, 7) is 1.41. The first-order valence-corrected chi connectivity index (χ1v) is 9.36. The minimum absolute atomic E-state index is 0.291. The average Bonchev–Trinajstić information content (AvgIpc) is 3.29. The minimum atomic E-state index is -0.445. The molecule has 0 aliphatic carbocycles. The van der Waals surface area contributed by atoms with E-state index in [2.05, 4.69) is 0 Å².